The first-order valence-corrected chi connectivity index (χ1v) is 7.42. The molecule has 2 rings (SSSR count). The molecule has 0 bridgehead atoms. The maximum atomic E-state index is 11.6. The maximum Gasteiger partial charge on any atom is 0.337 e. The van der Waals surface area contributed by atoms with Gasteiger partial charge in [0.25, 0.3) is 0 Å². The van der Waals surface area contributed by atoms with Crippen molar-refractivity contribution in [2.75, 3.05) is 6.26 Å². The van der Waals surface area contributed by atoms with Crippen LogP contribution in [0.5, 0.6) is 11.5 Å². The van der Waals surface area contributed by atoms with E-state index in [-0.39, 0.29) is 22.0 Å². The summed E-state index contributed by atoms with van der Waals surface area (Å²) in [6.45, 7) is 0. The highest BCUT2D eigenvalue weighted by Gasteiger charge is 2.15. The van der Waals surface area contributed by atoms with E-state index in [1.54, 1.807) is 12.1 Å². The smallest absolute Gasteiger partial charge is 0.337 e. The second-order valence-corrected chi connectivity index (χ2v) is 6.02. The summed E-state index contributed by atoms with van der Waals surface area (Å²) < 4.78 is 28.7. The van der Waals surface area contributed by atoms with Gasteiger partial charge in [-0.2, -0.15) is 0 Å². The highest BCUT2D eigenvalue weighted by molar-refractivity contribution is 7.90. The first-order valence-electron chi connectivity index (χ1n) is 5.53. The van der Waals surface area contributed by atoms with Gasteiger partial charge in [-0.05, 0) is 18.2 Å². The SMILES string of the molecule is CS(=O)(=O)c1ccccc1Oc1cncc(C(=O)O)c1. The molecule has 2 aromatic rings. The van der Waals surface area contributed by atoms with E-state index in [9.17, 15) is 13.2 Å². The molecule has 6 nitrogen and oxygen atoms in total. The lowest BCUT2D eigenvalue weighted by Crippen LogP contribution is -2.01. The summed E-state index contributed by atoms with van der Waals surface area (Å²) in [6.07, 6.45) is 3.56. The molecule has 0 radical (unpaired) electrons. The average Bonchev–Trinajstić information content (AvgIpc) is 2.38. The Bertz CT molecular complexity index is 755. The Morgan fingerprint density at radius 1 is 1.25 bits per heavy atom. The molecule has 7 heteroatoms. The molecule has 1 heterocycles. The molecule has 0 atom stereocenters. The minimum atomic E-state index is -3.44. The molecule has 0 saturated heterocycles. The number of rotatable bonds is 4. The first-order chi connectivity index (χ1) is 9.38. The van der Waals surface area contributed by atoms with Crippen molar-refractivity contribution in [2.24, 2.45) is 0 Å². The fourth-order valence-corrected chi connectivity index (χ4v) is 2.36. The predicted octanol–water partition coefficient (Wildman–Crippen LogP) is 1.98. The Balaban J connectivity index is 2.41. The summed E-state index contributed by atoms with van der Waals surface area (Å²) in [6, 6.07) is 7.38. The maximum absolute atomic E-state index is 11.6. The number of nitrogens with zero attached hydrogens (tertiary/aromatic N) is 1. The van der Waals surface area contributed by atoms with E-state index >= 15 is 0 Å². The Morgan fingerprint density at radius 3 is 2.60 bits per heavy atom. The number of sulfone groups is 1. The molecule has 0 amide bonds. The molecule has 1 aromatic heterocycles. The number of aromatic carboxylic acids is 1. The summed E-state index contributed by atoms with van der Waals surface area (Å²) in [4.78, 5) is 14.6. The lowest BCUT2D eigenvalue weighted by Gasteiger charge is -2.09. The van der Waals surface area contributed by atoms with Crippen LogP contribution in [-0.2, 0) is 9.84 Å². The van der Waals surface area contributed by atoms with E-state index in [1.807, 2.05) is 0 Å². The van der Waals surface area contributed by atoms with E-state index in [1.165, 1.54) is 30.6 Å². The van der Waals surface area contributed by atoms with Crippen LogP contribution in [0.15, 0.2) is 47.6 Å². The van der Waals surface area contributed by atoms with Crippen molar-refractivity contribution >= 4 is 15.8 Å². The van der Waals surface area contributed by atoms with Crippen LogP contribution in [0.3, 0.4) is 0 Å². The quantitative estimate of drug-likeness (QED) is 0.926. The predicted molar refractivity (Wildman–Crippen MR) is 70.8 cm³/mol. The standard InChI is InChI=1S/C13H11NO5S/c1-20(17,18)12-5-3-2-4-11(12)19-10-6-9(13(15)16)7-14-8-10/h2-8H,1H3,(H,15,16). The van der Waals surface area contributed by atoms with Crippen LogP contribution in [0.4, 0.5) is 0 Å². The number of carbonyl (C=O) groups is 1. The number of pyridine rings is 1. The zero-order chi connectivity index (χ0) is 14.8. The summed E-state index contributed by atoms with van der Waals surface area (Å²) >= 11 is 0. The van der Waals surface area contributed by atoms with Crippen molar-refractivity contribution < 1.29 is 23.1 Å². The molecular weight excluding hydrogens is 282 g/mol. The number of carboxylic acids is 1. The van der Waals surface area contributed by atoms with Crippen molar-refractivity contribution in [3.05, 3.63) is 48.3 Å². The molecule has 20 heavy (non-hydrogen) atoms. The minimum Gasteiger partial charge on any atom is -0.478 e. The van der Waals surface area contributed by atoms with E-state index in [0.29, 0.717) is 0 Å². The number of ether oxygens (including phenoxy) is 1. The first kappa shape index (κ1) is 14.0. The largest absolute Gasteiger partial charge is 0.478 e. The molecular formula is C13H11NO5S. The number of para-hydroxylation sites is 1. The molecule has 0 unspecified atom stereocenters. The highest BCUT2D eigenvalue weighted by Crippen LogP contribution is 2.28. The van der Waals surface area contributed by atoms with Gasteiger partial charge in [-0.1, -0.05) is 12.1 Å². The van der Waals surface area contributed by atoms with Crippen molar-refractivity contribution in [3.8, 4) is 11.5 Å². The molecule has 104 valence electrons. The number of carboxylic acid groups (broad SMARTS) is 1. The molecule has 1 N–H and O–H groups in total. The Hall–Kier alpha value is -2.41. The summed E-state index contributed by atoms with van der Waals surface area (Å²) in [5, 5.41) is 8.87. The van der Waals surface area contributed by atoms with Crippen molar-refractivity contribution in [1.29, 1.82) is 0 Å². The van der Waals surface area contributed by atoms with Crippen molar-refractivity contribution in [2.45, 2.75) is 4.90 Å². The van der Waals surface area contributed by atoms with Gasteiger partial charge in [-0.3, -0.25) is 4.98 Å². The molecule has 0 spiro atoms. The van der Waals surface area contributed by atoms with Crippen LogP contribution in [-0.4, -0.2) is 30.7 Å². The van der Waals surface area contributed by atoms with Crippen LogP contribution in [0.2, 0.25) is 0 Å². The molecule has 0 saturated carbocycles. The van der Waals surface area contributed by atoms with Crippen LogP contribution in [0.25, 0.3) is 0 Å². The van der Waals surface area contributed by atoms with Gasteiger partial charge in [0.1, 0.15) is 16.4 Å². The van der Waals surface area contributed by atoms with E-state index in [0.717, 1.165) is 6.26 Å². The second-order valence-electron chi connectivity index (χ2n) is 4.04. The fraction of sp³-hybridized carbons (Fsp3) is 0.0769. The average molecular weight is 293 g/mol. The second kappa shape index (κ2) is 5.30. The summed E-state index contributed by atoms with van der Waals surface area (Å²) in [5.41, 5.74) is -0.0423. The van der Waals surface area contributed by atoms with Gasteiger partial charge >= 0.3 is 5.97 Å². The lowest BCUT2D eigenvalue weighted by molar-refractivity contribution is 0.0696. The Kier molecular flexibility index (Phi) is 3.71. The van der Waals surface area contributed by atoms with E-state index in [4.69, 9.17) is 9.84 Å². The van der Waals surface area contributed by atoms with Gasteiger partial charge in [-0.25, -0.2) is 13.2 Å². The number of benzene rings is 1. The van der Waals surface area contributed by atoms with Gasteiger partial charge in [0, 0.05) is 12.5 Å². The molecule has 0 fully saturated rings. The minimum absolute atomic E-state index is 0.0285. The monoisotopic (exact) mass is 293 g/mol. The highest BCUT2D eigenvalue weighted by atomic mass is 32.2. The third kappa shape index (κ3) is 3.12. The van der Waals surface area contributed by atoms with Gasteiger partial charge in [-0.15, -0.1) is 0 Å². The van der Waals surface area contributed by atoms with Crippen LogP contribution < -0.4 is 4.74 Å². The zero-order valence-corrected chi connectivity index (χ0v) is 11.3. The summed E-state index contributed by atoms with van der Waals surface area (Å²) in [5.74, 6) is -0.861. The normalized spacial score (nSPS) is 11.1. The Labute approximate surface area is 115 Å². The molecule has 0 aliphatic carbocycles. The number of aromatic nitrogens is 1. The Morgan fingerprint density at radius 2 is 1.95 bits per heavy atom. The third-order valence-electron chi connectivity index (χ3n) is 2.44. The van der Waals surface area contributed by atoms with Gasteiger partial charge in [0.2, 0.25) is 0 Å². The topological polar surface area (TPSA) is 93.6 Å². The van der Waals surface area contributed by atoms with Crippen molar-refractivity contribution in [3.63, 3.8) is 0 Å². The van der Waals surface area contributed by atoms with Crippen LogP contribution in [0.1, 0.15) is 10.4 Å². The number of hydrogen-bond acceptors (Lipinski definition) is 5. The zero-order valence-electron chi connectivity index (χ0n) is 10.5. The van der Waals surface area contributed by atoms with Gasteiger partial charge in [0.05, 0.1) is 11.8 Å². The fourth-order valence-electron chi connectivity index (χ4n) is 1.56. The third-order valence-corrected chi connectivity index (χ3v) is 3.57. The van der Waals surface area contributed by atoms with Gasteiger partial charge in [0.15, 0.2) is 9.84 Å². The molecule has 0 aliphatic heterocycles. The molecule has 1 aromatic carbocycles. The van der Waals surface area contributed by atoms with Crippen molar-refractivity contribution in [1.82, 2.24) is 4.98 Å². The summed E-state index contributed by atoms with van der Waals surface area (Å²) in [7, 11) is -3.44. The lowest BCUT2D eigenvalue weighted by atomic mass is 10.3. The number of hydrogen-bond donors (Lipinski definition) is 1. The van der Waals surface area contributed by atoms with E-state index in [2.05, 4.69) is 4.98 Å². The van der Waals surface area contributed by atoms with E-state index < -0.39 is 15.8 Å². The molecule has 0 aliphatic rings. The van der Waals surface area contributed by atoms with Gasteiger partial charge < -0.3 is 9.84 Å². The van der Waals surface area contributed by atoms with Crippen LogP contribution >= 0.6 is 0 Å². The van der Waals surface area contributed by atoms with Crippen LogP contribution in [0, 0.1) is 0 Å².